The molecule has 5 nitrogen and oxygen atoms in total. The number of ether oxygens (including phenoxy) is 1. The summed E-state index contributed by atoms with van der Waals surface area (Å²) in [5, 5.41) is 0.837. The fourth-order valence-electron chi connectivity index (χ4n) is 4.16. The van der Waals surface area contributed by atoms with Gasteiger partial charge in [0.25, 0.3) is 5.91 Å². The Balaban J connectivity index is 1.20. The lowest BCUT2D eigenvalue weighted by atomic mass is 10.1. The van der Waals surface area contributed by atoms with E-state index < -0.39 is 0 Å². The maximum absolute atomic E-state index is 12.5. The summed E-state index contributed by atoms with van der Waals surface area (Å²) in [5.41, 5.74) is 3.59. The molecule has 6 heteroatoms. The molecule has 0 unspecified atom stereocenters. The Kier molecular flexibility index (Phi) is 5.35. The molecule has 0 saturated carbocycles. The van der Waals surface area contributed by atoms with Crippen molar-refractivity contribution in [3.05, 3.63) is 70.1 Å². The summed E-state index contributed by atoms with van der Waals surface area (Å²) in [6, 6.07) is 16.7. The van der Waals surface area contributed by atoms with Crippen molar-refractivity contribution in [2.45, 2.75) is 26.0 Å². The number of rotatable bonds is 3. The van der Waals surface area contributed by atoms with Crippen LogP contribution in [0.1, 0.15) is 23.6 Å². The fraction of sp³-hybridized carbons (Fsp3) is 0.333. The molecule has 0 aliphatic carbocycles. The van der Waals surface area contributed by atoms with E-state index in [1.165, 1.54) is 22.9 Å². The standard InChI is InChI=1S/C24H25N3O2S/c1-17-13-20-14-19(7-8-21(20)29-17)15-22-23(28)25-24(30-22)27-11-9-26(10-12-27)16-18-5-3-2-4-6-18/h2-8,14-15,17H,9-13,16H2,1H3/b22-15+/t17-/m0/s1. The molecule has 1 saturated heterocycles. The smallest absolute Gasteiger partial charge is 0.286 e. The Morgan fingerprint density at radius 1 is 1.13 bits per heavy atom. The average molecular weight is 420 g/mol. The van der Waals surface area contributed by atoms with Gasteiger partial charge in [0.1, 0.15) is 11.9 Å². The highest BCUT2D eigenvalue weighted by Gasteiger charge is 2.28. The van der Waals surface area contributed by atoms with Gasteiger partial charge in [-0.25, -0.2) is 0 Å². The minimum absolute atomic E-state index is 0.133. The van der Waals surface area contributed by atoms with Crippen molar-refractivity contribution in [3.8, 4) is 5.75 Å². The highest BCUT2D eigenvalue weighted by Crippen LogP contribution is 2.33. The van der Waals surface area contributed by atoms with Crippen LogP contribution < -0.4 is 4.74 Å². The molecule has 1 fully saturated rings. The van der Waals surface area contributed by atoms with Crippen LogP contribution in [0, 0.1) is 0 Å². The number of thioether (sulfide) groups is 1. The lowest BCUT2D eigenvalue weighted by molar-refractivity contribution is -0.113. The molecule has 0 radical (unpaired) electrons. The van der Waals surface area contributed by atoms with E-state index in [0.717, 1.165) is 55.6 Å². The first-order chi connectivity index (χ1) is 14.6. The lowest BCUT2D eigenvalue weighted by Crippen LogP contribution is -2.47. The van der Waals surface area contributed by atoms with Crippen LogP contribution in [0.15, 0.2) is 58.4 Å². The van der Waals surface area contributed by atoms with Gasteiger partial charge in [-0.3, -0.25) is 9.69 Å². The van der Waals surface area contributed by atoms with Gasteiger partial charge in [-0.05, 0) is 53.6 Å². The number of aliphatic imine (C=N–C) groups is 1. The SMILES string of the molecule is C[C@H]1Cc2cc(/C=C3/SC(N4CCN(Cc5ccccc5)CC4)=NC3=O)ccc2O1. The van der Waals surface area contributed by atoms with Crippen LogP contribution >= 0.6 is 11.8 Å². The Morgan fingerprint density at radius 2 is 1.93 bits per heavy atom. The zero-order valence-corrected chi connectivity index (χ0v) is 17.9. The van der Waals surface area contributed by atoms with Gasteiger partial charge in [0.2, 0.25) is 0 Å². The van der Waals surface area contributed by atoms with Crippen molar-refractivity contribution >= 4 is 28.9 Å². The molecular formula is C24H25N3O2S. The second-order valence-electron chi connectivity index (χ2n) is 8.06. The second-order valence-corrected chi connectivity index (χ2v) is 9.07. The van der Waals surface area contributed by atoms with Gasteiger partial charge in [-0.1, -0.05) is 36.4 Å². The number of fused-ring (bicyclic) bond motifs is 1. The second kappa shape index (κ2) is 8.28. The molecule has 3 aliphatic heterocycles. The van der Waals surface area contributed by atoms with Crippen LogP contribution in [0.3, 0.4) is 0 Å². The molecule has 1 atom stereocenters. The number of benzene rings is 2. The largest absolute Gasteiger partial charge is 0.490 e. The molecule has 3 heterocycles. The maximum Gasteiger partial charge on any atom is 0.286 e. The van der Waals surface area contributed by atoms with E-state index in [1.54, 1.807) is 0 Å². The first-order valence-corrected chi connectivity index (χ1v) is 11.3. The monoisotopic (exact) mass is 419 g/mol. The number of carbonyl (C=O) groups excluding carboxylic acids is 1. The summed E-state index contributed by atoms with van der Waals surface area (Å²) >= 11 is 1.50. The predicted molar refractivity (Wildman–Crippen MR) is 122 cm³/mol. The third-order valence-electron chi connectivity index (χ3n) is 5.72. The Hall–Kier alpha value is -2.57. The van der Waals surface area contributed by atoms with Gasteiger partial charge in [0, 0.05) is 39.1 Å². The zero-order valence-electron chi connectivity index (χ0n) is 17.1. The molecule has 0 N–H and O–H groups in total. The molecule has 3 aliphatic rings. The quantitative estimate of drug-likeness (QED) is 0.708. The van der Waals surface area contributed by atoms with Gasteiger partial charge < -0.3 is 9.64 Å². The predicted octanol–water partition coefficient (Wildman–Crippen LogP) is 3.80. The van der Waals surface area contributed by atoms with Crippen LogP contribution in [0.5, 0.6) is 5.75 Å². The number of hydrogen-bond donors (Lipinski definition) is 0. The van der Waals surface area contributed by atoms with E-state index in [9.17, 15) is 4.79 Å². The fourth-order valence-corrected chi connectivity index (χ4v) is 5.12. The number of piperazine rings is 1. The normalized spacial score (nSPS) is 22.9. The van der Waals surface area contributed by atoms with Gasteiger partial charge in [-0.15, -0.1) is 0 Å². The molecule has 2 aromatic carbocycles. The number of nitrogens with zero attached hydrogens (tertiary/aromatic N) is 3. The first-order valence-electron chi connectivity index (χ1n) is 10.5. The van der Waals surface area contributed by atoms with Crippen LogP contribution in [0.2, 0.25) is 0 Å². The Bertz CT molecular complexity index is 1010. The van der Waals surface area contributed by atoms with E-state index >= 15 is 0 Å². The summed E-state index contributed by atoms with van der Waals surface area (Å²) < 4.78 is 5.77. The summed E-state index contributed by atoms with van der Waals surface area (Å²) in [7, 11) is 0. The van der Waals surface area contributed by atoms with Crippen LogP contribution in [-0.4, -0.2) is 53.2 Å². The number of hydrogen-bond acceptors (Lipinski definition) is 5. The topological polar surface area (TPSA) is 45.1 Å². The Morgan fingerprint density at radius 3 is 2.73 bits per heavy atom. The van der Waals surface area contributed by atoms with Crippen LogP contribution in [0.25, 0.3) is 6.08 Å². The molecular weight excluding hydrogens is 394 g/mol. The third kappa shape index (κ3) is 4.16. The molecule has 2 aromatic rings. The van der Waals surface area contributed by atoms with Crippen molar-refractivity contribution in [1.29, 1.82) is 0 Å². The summed E-state index contributed by atoms with van der Waals surface area (Å²) in [4.78, 5) is 22.2. The van der Waals surface area contributed by atoms with Gasteiger partial charge in [-0.2, -0.15) is 4.99 Å². The summed E-state index contributed by atoms with van der Waals surface area (Å²) in [5.74, 6) is 0.826. The third-order valence-corrected chi connectivity index (χ3v) is 6.76. The van der Waals surface area contributed by atoms with Crippen molar-refractivity contribution < 1.29 is 9.53 Å². The molecule has 30 heavy (non-hydrogen) atoms. The molecule has 0 bridgehead atoms. The molecule has 5 rings (SSSR count). The maximum atomic E-state index is 12.5. The van der Waals surface area contributed by atoms with E-state index in [2.05, 4.69) is 58.1 Å². The zero-order chi connectivity index (χ0) is 20.5. The van der Waals surface area contributed by atoms with Crippen molar-refractivity contribution in [2.75, 3.05) is 26.2 Å². The minimum Gasteiger partial charge on any atom is -0.490 e. The highest BCUT2D eigenvalue weighted by atomic mass is 32.2. The van der Waals surface area contributed by atoms with E-state index in [4.69, 9.17) is 4.74 Å². The van der Waals surface area contributed by atoms with Gasteiger partial charge >= 0.3 is 0 Å². The molecule has 0 spiro atoms. The van der Waals surface area contributed by atoms with Crippen LogP contribution in [-0.2, 0) is 17.8 Å². The van der Waals surface area contributed by atoms with Gasteiger partial charge in [0.05, 0.1) is 4.91 Å². The first kappa shape index (κ1) is 19.4. The van der Waals surface area contributed by atoms with E-state index in [0.29, 0.717) is 4.91 Å². The number of amides is 1. The van der Waals surface area contributed by atoms with Gasteiger partial charge in [0.15, 0.2) is 5.17 Å². The van der Waals surface area contributed by atoms with Crippen molar-refractivity contribution in [1.82, 2.24) is 9.80 Å². The summed E-state index contributed by atoms with van der Waals surface area (Å²) in [6.45, 7) is 6.79. The number of amidine groups is 1. The highest BCUT2D eigenvalue weighted by molar-refractivity contribution is 8.18. The molecule has 0 aromatic heterocycles. The molecule has 1 amide bonds. The van der Waals surface area contributed by atoms with Crippen molar-refractivity contribution in [2.24, 2.45) is 4.99 Å². The lowest BCUT2D eigenvalue weighted by Gasteiger charge is -2.35. The Labute approximate surface area is 181 Å². The van der Waals surface area contributed by atoms with Crippen LogP contribution in [0.4, 0.5) is 0 Å². The van der Waals surface area contributed by atoms with Crippen molar-refractivity contribution in [3.63, 3.8) is 0 Å². The van der Waals surface area contributed by atoms with E-state index in [-0.39, 0.29) is 12.0 Å². The number of carbonyl (C=O) groups is 1. The minimum atomic E-state index is -0.133. The molecule has 154 valence electrons. The van der Waals surface area contributed by atoms with E-state index in [1.807, 2.05) is 18.2 Å². The summed E-state index contributed by atoms with van der Waals surface area (Å²) in [6.07, 6.45) is 3.10. The average Bonchev–Trinajstić information content (AvgIpc) is 3.30.